The van der Waals surface area contributed by atoms with Gasteiger partial charge in [0.2, 0.25) is 5.79 Å². The van der Waals surface area contributed by atoms with Crippen LogP contribution < -0.4 is 0 Å². The Balaban J connectivity index is 2.58. The van der Waals surface area contributed by atoms with Crippen LogP contribution in [0.3, 0.4) is 0 Å². The quantitative estimate of drug-likeness (QED) is 0.282. The van der Waals surface area contributed by atoms with Gasteiger partial charge in [0.1, 0.15) is 6.10 Å². The van der Waals surface area contributed by atoms with Crippen LogP contribution in [-0.4, -0.2) is 59.2 Å². The molecule has 1 fully saturated rings. The van der Waals surface area contributed by atoms with Gasteiger partial charge in [0, 0.05) is 6.42 Å². The van der Waals surface area contributed by atoms with E-state index in [-0.39, 0.29) is 6.42 Å². The number of aliphatic hydroxyl groups excluding tert-OH is 1. The van der Waals surface area contributed by atoms with Gasteiger partial charge in [0.05, 0.1) is 0 Å². The van der Waals surface area contributed by atoms with Crippen LogP contribution in [0.5, 0.6) is 0 Å². The molecule has 1 unspecified atom stereocenters. The lowest BCUT2D eigenvalue weighted by Crippen LogP contribution is -2.72. The molecule has 1 rings (SSSR count). The molecule has 0 aromatic carbocycles. The van der Waals surface area contributed by atoms with E-state index in [2.05, 4.69) is 0 Å². The summed E-state index contributed by atoms with van der Waals surface area (Å²) in [6.07, 6.45) is 16.3. The minimum Gasteiger partial charge on any atom is -0.387 e. The van der Waals surface area contributed by atoms with Crippen molar-refractivity contribution in [2.24, 2.45) is 0 Å². The molecule has 186 valence electrons. The van der Waals surface area contributed by atoms with Crippen molar-refractivity contribution in [2.75, 3.05) is 0 Å². The van der Waals surface area contributed by atoms with Crippen molar-refractivity contribution in [1.82, 2.24) is 0 Å². The molecule has 7 heteroatoms. The topological polar surface area (TPSA) is 142 Å². The van der Waals surface area contributed by atoms with Gasteiger partial charge in [0.15, 0.2) is 0 Å². The molecule has 1 aliphatic carbocycles. The lowest BCUT2D eigenvalue weighted by Gasteiger charge is -2.44. The molecule has 7 nitrogen and oxygen atoms in total. The maximum Gasteiger partial charge on any atom is 0.276 e. The van der Waals surface area contributed by atoms with Gasteiger partial charge in [-0.2, -0.15) is 0 Å². The highest BCUT2D eigenvalue weighted by atomic mass is 16.7. The fourth-order valence-corrected chi connectivity index (χ4v) is 4.44. The summed E-state index contributed by atoms with van der Waals surface area (Å²) in [6, 6.07) is 0. The molecular formula is C24H48O7. The van der Waals surface area contributed by atoms with E-state index in [9.17, 15) is 35.7 Å². The average Bonchev–Trinajstić information content (AvgIpc) is 2.71. The first-order valence-corrected chi connectivity index (χ1v) is 12.7. The molecule has 0 bridgehead atoms. The van der Waals surface area contributed by atoms with Crippen molar-refractivity contribution in [1.29, 1.82) is 0 Å². The summed E-state index contributed by atoms with van der Waals surface area (Å²) in [4.78, 5) is 0. The van der Waals surface area contributed by atoms with Crippen LogP contribution in [0.2, 0.25) is 0 Å². The van der Waals surface area contributed by atoms with Crippen LogP contribution in [0.25, 0.3) is 0 Å². The lowest BCUT2D eigenvalue weighted by molar-refractivity contribution is -0.467. The van der Waals surface area contributed by atoms with E-state index in [4.69, 9.17) is 0 Å². The minimum absolute atomic E-state index is 0.0774. The molecule has 1 saturated carbocycles. The van der Waals surface area contributed by atoms with Crippen LogP contribution in [0, 0.1) is 0 Å². The Bertz CT molecular complexity index is 451. The summed E-state index contributed by atoms with van der Waals surface area (Å²) >= 11 is 0. The van der Waals surface area contributed by atoms with Crippen molar-refractivity contribution in [2.45, 2.75) is 152 Å². The molecule has 31 heavy (non-hydrogen) atoms. The molecule has 0 aromatic rings. The number of hydrogen-bond acceptors (Lipinski definition) is 7. The van der Waals surface area contributed by atoms with Crippen LogP contribution >= 0.6 is 0 Å². The van der Waals surface area contributed by atoms with Gasteiger partial charge in [-0.3, -0.25) is 0 Å². The summed E-state index contributed by atoms with van der Waals surface area (Å²) < 4.78 is 0. The number of hydrogen-bond donors (Lipinski definition) is 7. The molecule has 0 saturated heterocycles. The fraction of sp³-hybridized carbons (Fsp3) is 1.00. The Morgan fingerprint density at radius 1 is 0.419 bits per heavy atom. The summed E-state index contributed by atoms with van der Waals surface area (Å²) in [5, 5.41) is 71.1. The van der Waals surface area contributed by atoms with Crippen LogP contribution in [0.1, 0.15) is 128 Å². The molecule has 0 spiro atoms. The third-order valence-electron chi connectivity index (χ3n) is 6.79. The van der Waals surface area contributed by atoms with Crippen molar-refractivity contribution in [3.63, 3.8) is 0 Å². The molecule has 0 heterocycles. The zero-order valence-electron chi connectivity index (χ0n) is 19.3. The minimum atomic E-state index is -3.67. The largest absolute Gasteiger partial charge is 0.387 e. The average molecular weight is 449 g/mol. The monoisotopic (exact) mass is 448 g/mol. The van der Waals surface area contributed by atoms with Crippen molar-refractivity contribution < 1.29 is 35.7 Å². The second-order valence-corrected chi connectivity index (χ2v) is 9.63. The van der Waals surface area contributed by atoms with Gasteiger partial charge in [-0.15, -0.1) is 0 Å². The first-order valence-electron chi connectivity index (χ1n) is 12.7. The highest BCUT2D eigenvalue weighted by Gasteiger charge is 2.63. The van der Waals surface area contributed by atoms with Crippen LogP contribution in [-0.2, 0) is 0 Å². The van der Waals surface area contributed by atoms with E-state index in [1.807, 2.05) is 0 Å². The maximum absolute atomic E-state index is 10.2. The predicted octanol–water partition coefficient (Wildman–Crippen LogP) is 3.21. The highest BCUT2D eigenvalue weighted by Crippen LogP contribution is 2.35. The first kappa shape index (κ1) is 28.8. The Morgan fingerprint density at radius 3 is 1.06 bits per heavy atom. The smallest absolute Gasteiger partial charge is 0.276 e. The SMILES string of the molecule is OC1CCCCCCCCCCCCCCCCCCCCC(O)(O)C(O)(O)C1(O)O. The van der Waals surface area contributed by atoms with Gasteiger partial charge in [-0.05, 0) is 12.8 Å². The zero-order valence-corrected chi connectivity index (χ0v) is 19.3. The second kappa shape index (κ2) is 14.8. The molecule has 7 N–H and O–H groups in total. The summed E-state index contributed by atoms with van der Waals surface area (Å²) in [5.41, 5.74) is 0. The molecule has 0 radical (unpaired) electrons. The third kappa shape index (κ3) is 10.0. The standard InChI is InChI=1S/C24H48O7/c25-21-19-17-15-13-11-9-7-5-3-1-2-4-6-8-10-12-14-16-18-20-22(26,27)24(30,31)23(21,28)29/h21,25-31H,1-20H2. The molecule has 0 aliphatic heterocycles. The van der Waals surface area contributed by atoms with E-state index in [0.29, 0.717) is 19.3 Å². The Morgan fingerprint density at radius 2 is 0.710 bits per heavy atom. The van der Waals surface area contributed by atoms with Gasteiger partial charge < -0.3 is 35.7 Å². The Hall–Kier alpha value is -0.280. The van der Waals surface area contributed by atoms with Gasteiger partial charge in [-0.1, -0.05) is 109 Å². The first-order chi connectivity index (χ1) is 14.6. The fourth-order valence-electron chi connectivity index (χ4n) is 4.44. The Kier molecular flexibility index (Phi) is 13.7. The van der Waals surface area contributed by atoms with Crippen LogP contribution in [0.4, 0.5) is 0 Å². The number of aliphatic hydroxyl groups is 7. The van der Waals surface area contributed by atoms with Crippen molar-refractivity contribution >= 4 is 0 Å². The van der Waals surface area contributed by atoms with Gasteiger partial charge in [0.25, 0.3) is 11.6 Å². The summed E-state index contributed by atoms with van der Waals surface area (Å²) in [7, 11) is 0. The van der Waals surface area contributed by atoms with Gasteiger partial charge >= 0.3 is 0 Å². The molecule has 0 amide bonds. The van der Waals surface area contributed by atoms with E-state index in [1.165, 1.54) is 57.8 Å². The normalized spacial score (nSPS) is 28.9. The van der Waals surface area contributed by atoms with E-state index in [0.717, 1.165) is 38.5 Å². The molecule has 1 aliphatic rings. The second-order valence-electron chi connectivity index (χ2n) is 9.63. The van der Waals surface area contributed by atoms with Crippen molar-refractivity contribution in [3.05, 3.63) is 0 Å². The number of rotatable bonds is 0. The van der Waals surface area contributed by atoms with E-state index >= 15 is 0 Å². The molecule has 0 aromatic heterocycles. The van der Waals surface area contributed by atoms with Crippen LogP contribution in [0.15, 0.2) is 0 Å². The van der Waals surface area contributed by atoms with Crippen molar-refractivity contribution in [3.8, 4) is 0 Å². The maximum atomic E-state index is 10.2. The predicted molar refractivity (Wildman–Crippen MR) is 120 cm³/mol. The molecular weight excluding hydrogens is 400 g/mol. The summed E-state index contributed by atoms with van der Waals surface area (Å²) in [6.45, 7) is 0. The summed E-state index contributed by atoms with van der Waals surface area (Å²) in [5.74, 6) is -10.3. The zero-order chi connectivity index (χ0) is 23.2. The van der Waals surface area contributed by atoms with Gasteiger partial charge in [-0.25, -0.2) is 0 Å². The van der Waals surface area contributed by atoms with E-state index in [1.54, 1.807) is 0 Å². The Labute approximate surface area is 188 Å². The third-order valence-corrected chi connectivity index (χ3v) is 6.79. The highest BCUT2D eigenvalue weighted by molar-refractivity contribution is 4.97. The molecule has 1 atom stereocenters. The lowest BCUT2D eigenvalue weighted by atomic mass is 9.86. The van der Waals surface area contributed by atoms with E-state index < -0.39 is 29.9 Å².